The lowest BCUT2D eigenvalue weighted by atomic mass is 10.1. The number of hydrogen-bond acceptors (Lipinski definition) is 5. The number of ketones is 1. The molecule has 0 saturated carbocycles. The molecule has 0 atom stereocenters. The predicted octanol–water partition coefficient (Wildman–Crippen LogP) is 2.83. The molecule has 0 bridgehead atoms. The Labute approximate surface area is 140 Å². The van der Waals surface area contributed by atoms with Crippen molar-refractivity contribution in [3.05, 3.63) is 59.7 Å². The summed E-state index contributed by atoms with van der Waals surface area (Å²) in [4.78, 5) is 23.8. The van der Waals surface area contributed by atoms with Crippen LogP contribution in [0.3, 0.4) is 0 Å². The van der Waals surface area contributed by atoms with Crippen molar-refractivity contribution < 1.29 is 22.7 Å². The zero-order chi connectivity index (χ0) is 17.7. The fraction of sp³-hybridized carbons (Fsp3) is 0.176. The maximum absolute atomic E-state index is 12.0. The van der Waals surface area contributed by atoms with Crippen LogP contribution in [-0.2, 0) is 14.6 Å². The van der Waals surface area contributed by atoms with Crippen LogP contribution in [0.25, 0.3) is 0 Å². The first kappa shape index (κ1) is 17.7. The van der Waals surface area contributed by atoms with E-state index in [1.807, 2.05) is 13.0 Å². The van der Waals surface area contributed by atoms with Gasteiger partial charge in [-0.15, -0.1) is 0 Å². The van der Waals surface area contributed by atoms with Crippen molar-refractivity contribution in [2.24, 2.45) is 0 Å². The molecule has 0 saturated heterocycles. The lowest BCUT2D eigenvalue weighted by Gasteiger charge is -2.07. The summed E-state index contributed by atoms with van der Waals surface area (Å²) >= 11 is 0. The highest BCUT2D eigenvalue weighted by Crippen LogP contribution is 2.12. The Morgan fingerprint density at radius 2 is 1.75 bits per heavy atom. The molecule has 126 valence electrons. The number of amides is 1. The van der Waals surface area contributed by atoms with E-state index in [2.05, 4.69) is 5.32 Å². The van der Waals surface area contributed by atoms with E-state index in [-0.39, 0.29) is 10.5 Å². The topological polar surface area (TPSA) is 89.5 Å². The Morgan fingerprint density at radius 3 is 2.33 bits per heavy atom. The van der Waals surface area contributed by atoms with Crippen LogP contribution in [0.1, 0.15) is 15.9 Å². The Morgan fingerprint density at radius 1 is 1.08 bits per heavy atom. The molecule has 0 heterocycles. The molecule has 2 aromatic rings. The molecular weight excluding hydrogens is 330 g/mol. The van der Waals surface area contributed by atoms with E-state index in [0.717, 1.165) is 11.8 Å². The molecule has 0 aliphatic heterocycles. The minimum atomic E-state index is -3.32. The molecule has 0 radical (unpaired) electrons. The van der Waals surface area contributed by atoms with Crippen molar-refractivity contribution in [2.75, 3.05) is 18.2 Å². The van der Waals surface area contributed by atoms with Gasteiger partial charge in [-0.05, 0) is 48.9 Å². The Hall–Kier alpha value is -2.67. The number of sulfone groups is 1. The van der Waals surface area contributed by atoms with Crippen molar-refractivity contribution in [3.63, 3.8) is 0 Å². The van der Waals surface area contributed by atoms with Gasteiger partial charge in [0.05, 0.1) is 4.90 Å². The summed E-state index contributed by atoms with van der Waals surface area (Å²) in [6, 6.07) is 12.6. The van der Waals surface area contributed by atoms with Gasteiger partial charge in [-0.1, -0.05) is 12.1 Å². The van der Waals surface area contributed by atoms with Crippen LogP contribution in [0.2, 0.25) is 0 Å². The van der Waals surface area contributed by atoms with Crippen molar-refractivity contribution in [1.29, 1.82) is 0 Å². The van der Waals surface area contributed by atoms with Gasteiger partial charge in [0.25, 0.3) is 0 Å². The van der Waals surface area contributed by atoms with Gasteiger partial charge in [0, 0.05) is 17.5 Å². The molecule has 0 aromatic heterocycles. The van der Waals surface area contributed by atoms with Crippen LogP contribution >= 0.6 is 0 Å². The second kappa shape index (κ2) is 7.27. The normalized spacial score (nSPS) is 10.9. The van der Waals surface area contributed by atoms with Gasteiger partial charge in [-0.3, -0.25) is 10.1 Å². The highest BCUT2D eigenvalue weighted by molar-refractivity contribution is 7.90. The zero-order valence-corrected chi connectivity index (χ0v) is 14.1. The average Bonchev–Trinajstić information content (AvgIpc) is 2.52. The van der Waals surface area contributed by atoms with Crippen LogP contribution in [0, 0.1) is 6.92 Å². The molecule has 24 heavy (non-hydrogen) atoms. The summed E-state index contributed by atoms with van der Waals surface area (Å²) in [5, 5.41) is 2.53. The van der Waals surface area contributed by atoms with Crippen LogP contribution < -0.4 is 5.32 Å². The maximum atomic E-state index is 12.0. The highest BCUT2D eigenvalue weighted by atomic mass is 32.2. The quantitative estimate of drug-likeness (QED) is 0.840. The summed E-state index contributed by atoms with van der Waals surface area (Å²) in [5.74, 6) is -0.422. The molecule has 0 spiro atoms. The third kappa shape index (κ3) is 4.92. The maximum Gasteiger partial charge on any atom is 0.412 e. The van der Waals surface area contributed by atoms with Crippen molar-refractivity contribution in [2.45, 2.75) is 11.8 Å². The Kier molecular flexibility index (Phi) is 5.35. The van der Waals surface area contributed by atoms with E-state index in [9.17, 15) is 18.0 Å². The number of aryl methyl sites for hydroxylation is 1. The fourth-order valence-electron chi connectivity index (χ4n) is 1.98. The number of anilines is 1. The van der Waals surface area contributed by atoms with Gasteiger partial charge in [-0.25, -0.2) is 13.2 Å². The predicted molar refractivity (Wildman–Crippen MR) is 90.0 cm³/mol. The molecular formula is C17H17NO5S. The molecule has 0 aliphatic carbocycles. The second-order valence-corrected chi connectivity index (χ2v) is 7.31. The van der Waals surface area contributed by atoms with E-state index < -0.39 is 28.3 Å². The van der Waals surface area contributed by atoms with Crippen LogP contribution in [0.4, 0.5) is 10.5 Å². The van der Waals surface area contributed by atoms with Gasteiger partial charge in [0.2, 0.25) is 0 Å². The second-order valence-electron chi connectivity index (χ2n) is 5.29. The molecule has 2 rings (SSSR count). The number of Topliss-reactive ketones (excluding diaryl/α,β-unsaturated/α-hetero) is 1. The molecule has 7 heteroatoms. The minimum Gasteiger partial charge on any atom is -0.441 e. The first-order valence-corrected chi connectivity index (χ1v) is 8.98. The number of hydrogen-bond donors (Lipinski definition) is 1. The van der Waals surface area contributed by atoms with E-state index in [1.165, 1.54) is 24.3 Å². The number of carbonyl (C=O) groups excluding carboxylic acids is 2. The van der Waals surface area contributed by atoms with Crippen molar-refractivity contribution >= 4 is 27.4 Å². The van der Waals surface area contributed by atoms with Crippen LogP contribution in [-0.4, -0.2) is 33.2 Å². The number of rotatable bonds is 5. The molecule has 0 unspecified atom stereocenters. The summed E-state index contributed by atoms with van der Waals surface area (Å²) in [6.07, 6.45) is 0.351. The Bertz CT molecular complexity index is 857. The smallest absolute Gasteiger partial charge is 0.412 e. The first-order valence-electron chi connectivity index (χ1n) is 7.09. The van der Waals surface area contributed by atoms with Crippen LogP contribution in [0.15, 0.2) is 53.4 Å². The summed E-state index contributed by atoms with van der Waals surface area (Å²) < 4.78 is 27.6. The number of benzene rings is 2. The summed E-state index contributed by atoms with van der Waals surface area (Å²) in [5.41, 5.74) is 1.82. The molecule has 1 N–H and O–H groups in total. The minimum absolute atomic E-state index is 0.122. The van der Waals surface area contributed by atoms with E-state index in [1.54, 1.807) is 18.2 Å². The lowest BCUT2D eigenvalue weighted by molar-refractivity contribution is 0.0863. The first-order chi connectivity index (χ1) is 11.3. The highest BCUT2D eigenvalue weighted by Gasteiger charge is 2.12. The van der Waals surface area contributed by atoms with E-state index in [4.69, 9.17) is 4.74 Å². The van der Waals surface area contributed by atoms with Crippen LogP contribution in [0.5, 0.6) is 0 Å². The monoisotopic (exact) mass is 347 g/mol. The standard InChI is InChI=1S/C17H17NO5S/c1-12-4-3-5-14(10-12)18-17(20)23-11-16(19)13-6-8-15(9-7-13)24(2,21)22/h3-10H,11H2,1-2H3,(H,18,20). The lowest BCUT2D eigenvalue weighted by Crippen LogP contribution is -2.19. The van der Waals surface area contributed by atoms with Gasteiger partial charge in [0.1, 0.15) is 0 Å². The average molecular weight is 347 g/mol. The third-order valence-electron chi connectivity index (χ3n) is 3.20. The fourth-order valence-corrected chi connectivity index (χ4v) is 2.61. The third-order valence-corrected chi connectivity index (χ3v) is 4.33. The largest absolute Gasteiger partial charge is 0.441 e. The molecule has 6 nitrogen and oxygen atoms in total. The van der Waals surface area contributed by atoms with E-state index >= 15 is 0 Å². The van der Waals surface area contributed by atoms with E-state index in [0.29, 0.717) is 5.69 Å². The molecule has 0 aliphatic rings. The Balaban J connectivity index is 1.92. The van der Waals surface area contributed by atoms with Crippen molar-refractivity contribution in [1.82, 2.24) is 0 Å². The SMILES string of the molecule is Cc1cccc(NC(=O)OCC(=O)c2ccc(S(C)(=O)=O)cc2)c1. The van der Waals surface area contributed by atoms with Crippen molar-refractivity contribution in [3.8, 4) is 0 Å². The van der Waals surface area contributed by atoms with Gasteiger partial charge in [0.15, 0.2) is 22.2 Å². The van der Waals surface area contributed by atoms with Gasteiger partial charge < -0.3 is 4.74 Å². The number of carbonyl (C=O) groups is 2. The number of nitrogens with one attached hydrogen (secondary N) is 1. The number of ether oxygens (including phenoxy) is 1. The van der Waals surface area contributed by atoms with Gasteiger partial charge in [-0.2, -0.15) is 0 Å². The summed E-state index contributed by atoms with van der Waals surface area (Å²) in [6.45, 7) is 1.45. The molecule has 1 amide bonds. The summed E-state index contributed by atoms with van der Waals surface area (Å²) in [7, 11) is -3.32. The molecule has 2 aromatic carbocycles. The molecule has 0 fully saturated rings. The zero-order valence-electron chi connectivity index (χ0n) is 13.3. The van der Waals surface area contributed by atoms with Gasteiger partial charge >= 0.3 is 6.09 Å².